The molecule has 3 N–H and O–H groups in total. The average molecular weight is 217 g/mol. The van der Waals surface area contributed by atoms with Gasteiger partial charge in [0.25, 0.3) is 0 Å². The van der Waals surface area contributed by atoms with Crippen molar-refractivity contribution in [2.75, 3.05) is 7.05 Å². The second-order valence-electron chi connectivity index (χ2n) is 4.01. The van der Waals surface area contributed by atoms with Crippen molar-refractivity contribution in [2.24, 2.45) is 5.73 Å². The van der Waals surface area contributed by atoms with Crippen LogP contribution in [0.4, 0.5) is 0 Å². The van der Waals surface area contributed by atoms with E-state index in [2.05, 4.69) is 41.1 Å². The van der Waals surface area contributed by atoms with Gasteiger partial charge in [-0.1, -0.05) is 6.07 Å². The molecule has 0 amide bonds. The summed E-state index contributed by atoms with van der Waals surface area (Å²) in [5.74, 6) is 0. The molecule has 16 heavy (non-hydrogen) atoms. The highest BCUT2D eigenvalue weighted by molar-refractivity contribution is 5.82. The number of nitrogens with two attached hydrogens (primary N) is 1. The lowest BCUT2D eigenvalue weighted by Crippen LogP contribution is -2.10. The first-order chi connectivity index (χ1) is 7.80. The van der Waals surface area contributed by atoms with E-state index in [4.69, 9.17) is 5.73 Å². The summed E-state index contributed by atoms with van der Waals surface area (Å²) in [6.45, 7) is 4.69. The van der Waals surface area contributed by atoms with E-state index in [0.717, 1.165) is 13.1 Å². The molecule has 1 aromatic heterocycles. The molecule has 0 aliphatic rings. The zero-order valence-electron chi connectivity index (χ0n) is 9.96. The van der Waals surface area contributed by atoms with Crippen molar-refractivity contribution in [1.82, 2.24) is 9.88 Å². The van der Waals surface area contributed by atoms with Crippen molar-refractivity contribution in [3.05, 3.63) is 35.5 Å². The molecule has 1 heterocycles. The second kappa shape index (κ2) is 4.68. The lowest BCUT2D eigenvalue weighted by Gasteiger charge is -2.07. The van der Waals surface area contributed by atoms with E-state index < -0.39 is 0 Å². The normalized spacial score (nSPS) is 11.2. The molecule has 0 spiro atoms. The molecule has 0 atom stereocenters. The van der Waals surface area contributed by atoms with Crippen LogP contribution < -0.4 is 11.1 Å². The smallest absolute Gasteiger partial charge is 0.0483 e. The molecule has 0 aliphatic carbocycles. The van der Waals surface area contributed by atoms with Crippen LogP contribution in [0.25, 0.3) is 10.9 Å². The van der Waals surface area contributed by atoms with Gasteiger partial charge in [-0.15, -0.1) is 0 Å². The monoisotopic (exact) mass is 217 g/mol. The summed E-state index contributed by atoms with van der Waals surface area (Å²) < 4.78 is 2.34. The summed E-state index contributed by atoms with van der Waals surface area (Å²) >= 11 is 0. The standard InChI is InChI=1S/C13H19N3/c1-3-16-12(9-15-2)7-11-6-10(8-14)4-5-13(11)16/h4-7,15H,3,8-9,14H2,1-2H3. The van der Waals surface area contributed by atoms with Crippen LogP contribution in [0.2, 0.25) is 0 Å². The van der Waals surface area contributed by atoms with E-state index in [0.29, 0.717) is 6.54 Å². The molecule has 0 bridgehead atoms. The van der Waals surface area contributed by atoms with Crippen LogP contribution >= 0.6 is 0 Å². The largest absolute Gasteiger partial charge is 0.344 e. The van der Waals surface area contributed by atoms with Gasteiger partial charge in [0.05, 0.1) is 0 Å². The van der Waals surface area contributed by atoms with E-state index in [1.54, 1.807) is 0 Å². The van der Waals surface area contributed by atoms with Gasteiger partial charge in [-0.25, -0.2) is 0 Å². The fraction of sp³-hybridized carbons (Fsp3) is 0.385. The third-order valence-corrected chi connectivity index (χ3v) is 2.96. The number of aryl methyl sites for hydroxylation is 1. The zero-order valence-corrected chi connectivity index (χ0v) is 9.96. The summed E-state index contributed by atoms with van der Waals surface area (Å²) in [6, 6.07) is 8.70. The van der Waals surface area contributed by atoms with Gasteiger partial charge in [0.2, 0.25) is 0 Å². The number of rotatable bonds is 4. The molecule has 3 nitrogen and oxygen atoms in total. The maximum absolute atomic E-state index is 5.66. The van der Waals surface area contributed by atoms with E-state index in [1.807, 2.05) is 7.05 Å². The van der Waals surface area contributed by atoms with Crippen LogP contribution in [-0.2, 0) is 19.6 Å². The number of nitrogens with one attached hydrogen (secondary N) is 1. The Kier molecular flexibility index (Phi) is 3.27. The zero-order chi connectivity index (χ0) is 11.5. The Balaban J connectivity index is 2.57. The van der Waals surface area contributed by atoms with Crippen molar-refractivity contribution < 1.29 is 0 Å². The molecule has 86 valence electrons. The highest BCUT2D eigenvalue weighted by Gasteiger charge is 2.06. The first-order valence-electron chi connectivity index (χ1n) is 5.75. The Bertz CT molecular complexity index is 485. The van der Waals surface area contributed by atoms with E-state index >= 15 is 0 Å². The van der Waals surface area contributed by atoms with Crippen LogP contribution in [-0.4, -0.2) is 11.6 Å². The summed E-state index contributed by atoms with van der Waals surface area (Å²) in [7, 11) is 1.98. The average Bonchev–Trinajstić information content (AvgIpc) is 2.65. The molecule has 0 saturated carbocycles. The van der Waals surface area contributed by atoms with Gasteiger partial charge >= 0.3 is 0 Å². The predicted molar refractivity (Wildman–Crippen MR) is 68.3 cm³/mol. The molecule has 2 aromatic rings. The van der Waals surface area contributed by atoms with Crippen molar-refractivity contribution >= 4 is 10.9 Å². The van der Waals surface area contributed by atoms with E-state index in [1.165, 1.54) is 22.2 Å². The number of hydrogen-bond donors (Lipinski definition) is 2. The Hall–Kier alpha value is -1.32. The predicted octanol–water partition coefficient (Wildman–Crippen LogP) is 1.84. The number of aromatic nitrogens is 1. The van der Waals surface area contributed by atoms with E-state index in [-0.39, 0.29) is 0 Å². The molecule has 3 heteroatoms. The number of nitrogens with zero attached hydrogens (tertiary/aromatic N) is 1. The second-order valence-corrected chi connectivity index (χ2v) is 4.01. The lowest BCUT2D eigenvalue weighted by atomic mass is 10.1. The van der Waals surface area contributed by atoms with Crippen molar-refractivity contribution in [1.29, 1.82) is 0 Å². The highest BCUT2D eigenvalue weighted by Crippen LogP contribution is 2.21. The van der Waals surface area contributed by atoms with E-state index in [9.17, 15) is 0 Å². The Morgan fingerprint density at radius 1 is 1.31 bits per heavy atom. The van der Waals surface area contributed by atoms with Crippen LogP contribution in [0.1, 0.15) is 18.2 Å². The molecule has 0 saturated heterocycles. The van der Waals surface area contributed by atoms with Gasteiger partial charge in [-0.2, -0.15) is 0 Å². The summed E-state index contributed by atoms with van der Waals surface area (Å²) in [5, 5.41) is 4.49. The maximum Gasteiger partial charge on any atom is 0.0483 e. The van der Waals surface area contributed by atoms with Gasteiger partial charge in [0, 0.05) is 36.2 Å². The number of hydrogen-bond acceptors (Lipinski definition) is 2. The maximum atomic E-state index is 5.66. The van der Waals surface area contributed by atoms with Gasteiger partial charge < -0.3 is 15.6 Å². The van der Waals surface area contributed by atoms with Gasteiger partial charge in [-0.05, 0) is 37.7 Å². The molecule has 0 unspecified atom stereocenters. The summed E-state index contributed by atoms with van der Waals surface area (Å²) in [6.07, 6.45) is 0. The number of fused-ring (bicyclic) bond motifs is 1. The van der Waals surface area contributed by atoms with Crippen molar-refractivity contribution in [3.8, 4) is 0 Å². The van der Waals surface area contributed by atoms with Crippen molar-refractivity contribution in [2.45, 2.75) is 26.6 Å². The lowest BCUT2D eigenvalue weighted by molar-refractivity contribution is 0.692. The third-order valence-electron chi connectivity index (χ3n) is 2.96. The molecular formula is C13H19N3. The first-order valence-corrected chi connectivity index (χ1v) is 5.75. The molecule has 0 fully saturated rings. The topological polar surface area (TPSA) is 43.0 Å². The summed E-state index contributed by atoms with van der Waals surface area (Å²) in [5.41, 5.74) is 9.47. The molecule has 0 radical (unpaired) electrons. The first kappa shape index (κ1) is 11.2. The SMILES string of the molecule is CCn1c(CNC)cc2cc(CN)ccc21. The Morgan fingerprint density at radius 3 is 2.75 bits per heavy atom. The van der Waals surface area contributed by atoms with Crippen LogP contribution in [0.3, 0.4) is 0 Å². The number of benzene rings is 1. The van der Waals surface area contributed by atoms with Crippen LogP contribution in [0.5, 0.6) is 0 Å². The fourth-order valence-corrected chi connectivity index (χ4v) is 2.21. The fourth-order valence-electron chi connectivity index (χ4n) is 2.21. The minimum absolute atomic E-state index is 0.606. The van der Waals surface area contributed by atoms with Gasteiger partial charge in [0.15, 0.2) is 0 Å². The Morgan fingerprint density at radius 2 is 2.12 bits per heavy atom. The third kappa shape index (κ3) is 1.84. The van der Waals surface area contributed by atoms with Crippen molar-refractivity contribution in [3.63, 3.8) is 0 Å². The van der Waals surface area contributed by atoms with Crippen LogP contribution in [0, 0.1) is 0 Å². The molecule has 0 aliphatic heterocycles. The summed E-state index contributed by atoms with van der Waals surface area (Å²) in [4.78, 5) is 0. The Labute approximate surface area is 96.2 Å². The quantitative estimate of drug-likeness (QED) is 0.820. The molecule has 2 rings (SSSR count). The van der Waals surface area contributed by atoms with Gasteiger partial charge in [-0.3, -0.25) is 0 Å². The minimum atomic E-state index is 0.606. The van der Waals surface area contributed by atoms with Crippen LogP contribution in [0.15, 0.2) is 24.3 Å². The highest BCUT2D eigenvalue weighted by atomic mass is 15.0. The molecular weight excluding hydrogens is 198 g/mol. The minimum Gasteiger partial charge on any atom is -0.344 e. The van der Waals surface area contributed by atoms with Gasteiger partial charge in [0.1, 0.15) is 0 Å². The molecule has 1 aromatic carbocycles.